The highest BCUT2D eigenvalue weighted by Crippen LogP contribution is 2.27. The molecule has 94 valence electrons. The number of benzene rings is 1. The largest absolute Gasteiger partial charge is 0.493 e. The zero-order valence-corrected chi connectivity index (χ0v) is 10.1. The van der Waals surface area contributed by atoms with Crippen molar-refractivity contribution in [1.29, 1.82) is 0 Å². The fraction of sp³-hybridized carbons (Fsp3) is 0.417. The van der Waals surface area contributed by atoms with Gasteiger partial charge in [0, 0.05) is 0 Å². The molecule has 1 aromatic rings. The van der Waals surface area contributed by atoms with E-state index in [-0.39, 0.29) is 6.61 Å². The van der Waals surface area contributed by atoms with Crippen LogP contribution in [0.2, 0.25) is 0 Å². The monoisotopic (exact) mass is 238 g/mol. The summed E-state index contributed by atoms with van der Waals surface area (Å²) in [7, 11) is 1.60. The van der Waals surface area contributed by atoms with E-state index >= 15 is 0 Å². The molecular weight excluding hydrogens is 220 g/mol. The smallest absolute Gasteiger partial charge is 0.161 e. The fourth-order valence-corrected chi connectivity index (χ4v) is 1.27. The molecule has 0 heterocycles. The maximum atomic E-state index is 8.57. The van der Waals surface area contributed by atoms with Crippen molar-refractivity contribution in [3.63, 3.8) is 0 Å². The molecule has 0 saturated heterocycles. The summed E-state index contributed by atoms with van der Waals surface area (Å²) in [6.07, 6.45) is 1.66. The van der Waals surface area contributed by atoms with Crippen LogP contribution in [0.5, 0.6) is 11.5 Å². The molecule has 2 N–H and O–H groups in total. The molecule has 0 fully saturated rings. The van der Waals surface area contributed by atoms with Crippen LogP contribution in [0.1, 0.15) is 12.5 Å². The minimum absolute atomic E-state index is 0.0595. The third-order valence-corrected chi connectivity index (χ3v) is 2.02. The van der Waals surface area contributed by atoms with Gasteiger partial charge in [0.15, 0.2) is 11.5 Å². The zero-order valence-electron chi connectivity index (χ0n) is 10.1. The van der Waals surface area contributed by atoms with Crippen LogP contribution in [-0.2, 0) is 0 Å². The summed E-state index contributed by atoms with van der Waals surface area (Å²) in [5, 5.41) is 12.5. The summed E-state index contributed by atoms with van der Waals surface area (Å²) >= 11 is 0. The molecule has 0 aliphatic carbocycles. The van der Waals surface area contributed by atoms with E-state index in [2.05, 4.69) is 10.5 Å². The Morgan fingerprint density at radius 3 is 2.88 bits per heavy atom. The van der Waals surface area contributed by atoms with E-state index in [1.165, 1.54) is 0 Å². The van der Waals surface area contributed by atoms with Crippen molar-refractivity contribution >= 4 is 6.21 Å². The third kappa shape index (κ3) is 4.32. The van der Waals surface area contributed by atoms with Crippen molar-refractivity contribution < 1.29 is 14.6 Å². The predicted octanol–water partition coefficient (Wildman–Crippen LogP) is 1.01. The number of ether oxygens (including phenoxy) is 2. The third-order valence-electron chi connectivity index (χ3n) is 2.02. The summed E-state index contributed by atoms with van der Waals surface area (Å²) in [5.74, 6) is 1.40. The van der Waals surface area contributed by atoms with Crippen LogP contribution in [0.25, 0.3) is 0 Å². The highest BCUT2D eigenvalue weighted by Gasteiger charge is 2.03. The second-order valence-corrected chi connectivity index (χ2v) is 3.23. The van der Waals surface area contributed by atoms with Gasteiger partial charge in [-0.3, -0.25) is 0 Å². The molecular formula is C12H18N2O3. The Kier molecular flexibility index (Phi) is 5.88. The predicted molar refractivity (Wildman–Crippen MR) is 66.8 cm³/mol. The van der Waals surface area contributed by atoms with Crippen LogP contribution >= 0.6 is 0 Å². The lowest BCUT2D eigenvalue weighted by molar-refractivity contribution is 0.294. The van der Waals surface area contributed by atoms with E-state index in [9.17, 15) is 0 Å². The van der Waals surface area contributed by atoms with Gasteiger partial charge in [-0.25, -0.2) is 0 Å². The summed E-state index contributed by atoms with van der Waals surface area (Å²) in [6.45, 7) is 3.02. The summed E-state index contributed by atoms with van der Waals surface area (Å²) in [6, 6.07) is 5.57. The minimum Gasteiger partial charge on any atom is -0.493 e. The maximum Gasteiger partial charge on any atom is 0.161 e. The van der Waals surface area contributed by atoms with Crippen molar-refractivity contribution in [2.75, 3.05) is 26.9 Å². The zero-order chi connectivity index (χ0) is 12.5. The van der Waals surface area contributed by atoms with Gasteiger partial charge < -0.3 is 20.0 Å². The molecule has 1 rings (SSSR count). The Morgan fingerprint density at radius 1 is 1.41 bits per heavy atom. The van der Waals surface area contributed by atoms with E-state index < -0.39 is 0 Å². The summed E-state index contributed by atoms with van der Waals surface area (Å²) < 4.78 is 10.6. The van der Waals surface area contributed by atoms with Gasteiger partial charge in [-0.2, -0.15) is 5.10 Å². The van der Waals surface area contributed by atoms with Crippen LogP contribution in [0, 0.1) is 0 Å². The van der Waals surface area contributed by atoms with Crippen molar-refractivity contribution in [3.05, 3.63) is 23.8 Å². The number of aliphatic hydroxyl groups is 1. The quantitative estimate of drug-likeness (QED) is 0.423. The SMILES string of the molecule is CCOc1ccc(C=NNCCO)cc1OC. The molecule has 0 radical (unpaired) electrons. The van der Waals surface area contributed by atoms with Gasteiger partial charge in [-0.15, -0.1) is 0 Å². The number of hydrogen-bond acceptors (Lipinski definition) is 5. The van der Waals surface area contributed by atoms with Crippen LogP contribution in [0.3, 0.4) is 0 Å². The Morgan fingerprint density at radius 2 is 2.24 bits per heavy atom. The lowest BCUT2D eigenvalue weighted by Gasteiger charge is -2.09. The first-order valence-electron chi connectivity index (χ1n) is 5.49. The Hall–Kier alpha value is -1.75. The van der Waals surface area contributed by atoms with Gasteiger partial charge in [0.05, 0.1) is 33.1 Å². The number of aliphatic hydroxyl groups excluding tert-OH is 1. The first kappa shape index (κ1) is 13.3. The summed E-state index contributed by atoms with van der Waals surface area (Å²) in [4.78, 5) is 0. The Balaban J connectivity index is 2.71. The number of hydrogen-bond donors (Lipinski definition) is 2. The molecule has 5 nitrogen and oxygen atoms in total. The number of nitrogens with one attached hydrogen (secondary N) is 1. The van der Waals surface area contributed by atoms with E-state index in [0.29, 0.717) is 18.9 Å². The van der Waals surface area contributed by atoms with E-state index in [0.717, 1.165) is 11.3 Å². The normalized spacial score (nSPS) is 10.5. The minimum atomic E-state index is 0.0595. The van der Waals surface area contributed by atoms with Crippen molar-refractivity contribution in [1.82, 2.24) is 5.43 Å². The van der Waals surface area contributed by atoms with Gasteiger partial charge in [0.1, 0.15) is 0 Å². The fourth-order valence-electron chi connectivity index (χ4n) is 1.27. The molecule has 5 heteroatoms. The first-order chi connectivity index (χ1) is 8.31. The second-order valence-electron chi connectivity index (χ2n) is 3.23. The number of hydrazone groups is 1. The second kappa shape index (κ2) is 7.51. The average molecular weight is 238 g/mol. The van der Waals surface area contributed by atoms with E-state index in [4.69, 9.17) is 14.6 Å². The van der Waals surface area contributed by atoms with Gasteiger partial charge in [-0.1, -0.05) is 0 Å². The molecule has 0 amide bonds. The molecule has 0 aliphatic rings. The molecule has 0 atom stereocenters. The van der Waals surface area contributed by atoms with Crippen LogP contribution in [0.15, 0.2) is 23.3 Å². The lowest BCUT2D eigenvalue weighted by Crippen LogP contribution is -2.11. The Bertz CT molecular complexity index is 367. The van der Waals surface area contributed by atoms with Crippen molar-refractivity contribution in [2.45, 2.75) is 6.92 Å². The van der Waals surface area contributed by atoms with Crippen LogP contribution in [0.4, 0.5) is 0 Å². The number of methoxy groups -OCH3 is 1. The number of nitrogens with zero attached hydrogens (tertiary/aromatic N) is 1. The van der Waals surface area contributed by atoms with E-state index in [1.54, 1.807) is 13.3 Å². The van der Waals surface area contributed by atoms with Gasteiger partial charge in [-0.05, 0) is 30.7 Å². The van der Waals surface area contributed by atoms with Gasteiger partial charge >= 0.3 is 0 Å². The molecule has 0 bridgehead atoms. The first-order valence-corrected chi connectivity index (χ1v) is 5.49. The van der Waals surface area contributed by atoms with Gasteiger partial charge in [0.25, 0.3) is 0 Å². The number of rotatable bonds is 7. The van der Waals surface area contributed by atoms with Crippen molar-refractivity contribution in [3.8, 4) is 11.5 Å². The molecule has 0 saturated carbocycles. The summed E-state index contributed by atoms with van der Waals surface area (Å²) in [5.41, 5.74) is 3.61. The molecule has 0 aliphatic heterocycles. The highest BCUT2D eigenvalue weighted by atomic mass is 16.5. The molecule has 0 spiro atoms. The highest BCUT2D eigenvalue weighted by molar-refractivity contribution is 5.80. The molecule has 0 aromatic heterocycles. The maximum absolute atomic E-state index is 8.57. The molecule has 0 unspecified atom stereocenters. The standard InChI is InChI=1S/C12H18N2O3/c1-3-17-11-5-4-10(8-12(11)16-2)9-14-13-6-7-15/h4-5,8-9,13,15H,3,6-7H2,1-2H3. The average Bonchev–Trinajstić information content (AvgIpc) is 2.36. The van der Waals surface area contributed by atoms with E-state index in [1.807, 2.05) is 25.1 Å². The molecule has 17 heavy (non-hydrogen) atoms. The molecule has 1 aromatic carbocycles. The lowest BCUT2D eigenvalue weighted by atomic mass is 10.2. The van der Waals surface area contributed by atoms with Crippen LogP contribution < -0.4 is 14.9 Å². The van der Waals surface area contributed by atoms with Gasteiger partial charge in [0.2, 0.25) is 0 Å². The van der Waals surface area contributed by atoms with Crippen molar-refractivity contribution in [2.24, 2.45) is 5.10 Å². The van der Waals surface area contributed by atoms with Crippen LogP contribution in [-0.4, -0.2) is 38.2 Å². The topological polar surface area (TPSA) is 63.1 Å². The Labute approximate surface area is 101 Å².